The fourth-order valence-electron chi connectivity index (χ4n) is 2.04. The van der Waals surface area contributed by atoms with Gasteiger partial charge >= 0.3 is 6.18 Å². The number of nitrogens with zero attached hydrogens (tertiary/aromatic N) is 2. The highest BCUT2D eigenvalue weighted by Gasteiger charge is 2.34. The van der Waals surface area contributed by atoms with Gasteiger partial charge in [0.15, 0.2) is 0 Å². The number of pyridine rings is 1. The molecule has 8 heteroatoms. The first kappa shape index (κ1) is 14.6. The Balaban J connectivity index is 2.27. The van der Waals surface area contributed by atoms with E-state index < -0.39 is 11.9 Å². The van der Waals surface area contributed by atoms with E-state index >= 15 is 0 Å². The molecule has 0 bridgehead atoms. The van der Waals surface area contributed by atoms with Crippen LogP contribution in [-0.4, -0.2) is 37.3 Å². The third-order valence-electron chi connectivity index (χ3n) is 3.09. The summed E-state index contributed by atoms with van der Waals surface area (Å²) in [4.78, 5) is 3.51. The largest absolute Gasteiger partial charge is 0.433 e. The molecule has 1 aromatic heterocycles. The smallest absolute Gasteiger partial charge is 0.378 e. The summed E-state index contributed by atoms with van der Waals surface area (Å²) < 4.78 is 43.2. The summed E-state index contributed by atoms with van der Waals surface area (Å²) in [6.45, 7) is 1.12. The SMILES string of the molecule is CO[C@H]1CNCC1Nc1nc(C(F)(F)F)ccc1C#N. The first-order chi connectivity index (χ1) is 9.45. The van der Waals surface area contributed by atoms with Crippen LogP contribution >= 0.6 is 0 Å². The van der Waals surface area contributed by atoms with Gasteiger partial charge in [0.25, 0.3) is 0 Å². The third kappa shape index (κ3) is 3.00. The number of ether oxygens (including phenoxy) is 1. The maximum Gasteiger partial charge on any atom is 0.433 e. The van der Waals surface area contributed by atoms with Crippen LogP contribution in [0.1, 0.15) is 11.3 Å². The molecule has 0 spiro atoms. The van der Waals surface area contributed by atoms with E-state index in [4.69, 9.17) is 10.00 Å². The molecule has 2 N–H and O–H groups in total. The van der Waals surface area contributed by atoms with Crippen molar-refractivity contribution in [2.45, 2.75) is 18.3 Å². The van der Waals surface area contributed by atoms with Gasteiger partial charge < -0.3 is 15.4 Å². The summed E-state index contributed by atoms with van der Waals surface area (Å²) >= 11 is 0. The summed E-state index contributed by atoms with van der Waals surface area (Å²) in [6, 6.07) is 3.50. The van der Waals surface area contributed by atoms with E-state index in [0.29, 0.717) is 13.1 Å². The third-order valence-corrected chi connectivity index (χ3v) is 3.09. The molecule has 1 unspecified atom stereocenters. The number of hydrogen-bond acceptors (Lipinski definition) is 5. The van der Waals surface area contributed by atoms with Gasteiger partial charge in [0.05, 0.1) is 17.7 Å². The lowest BCUT2D eigenvalue weighted by Gasteiger charge is -2.20. The second kappa shape index (κ2) is 5.64. The highest BCUT2D eigenvalue weighted by molar-refractivity contribution is 5.53. The molecule has 0 saturated carbocycles. The molecule has 5 nitrogen and oxygen atoms in total. The number of hydrogen-bond donors (Lipinski definition) is 2. The van der Waals surface area contributed by atoms with Crippen LogP contribution in [-0.2, 0) is 10.9 Å². The zero-order chi connectivity index (χ0) is 14.8. The fraction of sp³-hybridized carbons (Fsp3) is 0.500. The van der Waals surface area contributed by atoms with E-state index in [1.807, 2.05) is 6.07 Å². The van der Waals surface area contributed by atoms with Gasteiger partial charge in [-0.15, -0.1) is 0 Å². The molecule has 2 rings (SSSR count). The molecular formula is C12H13F3N4O. The predicted octanol–water partition coefficient (Wildman–Crippen LogP) is 1.37. The maximum atomic E-state index is 12.6. The summed E-state index contributed by atoms with van der Waals surface area (Å²) in [5, 5.41) is 14.9. The van der Waals surface area contributed by atoms with Crippen LogP contribution in [0.2, 0.25) is 0 Å². The summed E-state index contributed by atoms with van der Waals surface area (Å²) in [7, 11) is 1.52. The maximum absolute atomic E-state index is 12.6. The van der Waals surface area contributed by atoms with Crippen molar-refractivity contribution in [3.63, 3.8) is 0 Å². The minimum Gasteiger partial charge on any atom is -0.378 e. The Morgan fingerprint density at radius 2 is 2.20 bits per heavy atom. The zero-order valence-corrected chi connectivity index (χ0v) is 10.7. The van der Waals surface area contributed by atoms with Crippen molar-refractivity contribution < 1.29 is 17.9 Å². The monoisotopic (exact) mass is 286 g/mol. The van der Waals surface area contributed by atoms with E-state index in [1.54, 1.807) is 0 Å². The van der Waals surface area contributed by atoms with Crippen LogP contribution in [0.15, 0.2) is 12.1 Å². The molecule has 2 atom stereocenters. The quantitative estimate of drug-likeness (QED) is 0.878. The second-order valence-corrected chi connectivity index (χ2v) is 4.39. The number of nitriles is 1. The first-order valence-corrected chi connectivity index (χ1v) is 5.94. The predicted molar refractivity (Wildman–Crippen MR) is 65.0 cm³/mol. The zero-order valence-electron chi connectivity index (χ0n) is 10.7. The van der Waals surface area contributed by atoms with E-state index in [1.165, 1.54) is 7.11 Å². The summed E-state index contributed by atoms with van der Waals surface area (Å²) in [6.07, 6.45) is -4.73. The van der Waals surface area contributed by atoms with E-state index in [0.717, 1.165) is 12.1 Å². The normalized spacial score (nSPS) is 22.6. The van der Waals surface area contributed by atoms with Crippen molar-refractivity contribution in [3.8, 4) is 6.07 Å². The fourth-order valence-corrected chi connectivity index (χ4v) is 2.04. The molecular weight excluding hydrogens is 273 g/mol. The van der Waals surface area contributed by atoms with Gasteiger partial charge in [-0.1, -0.05) is 0 Å². The first-order valence-electron chi connectivity index (χ1n) is 5.94. The highest BCUT2D eigenvalue weighted by Crippen LogP contribution is 2.29. The topological polar surface area (TPSA) is 70.0 Å². The number of alkyl halides is 3. The standard InChI is InChI=1S/C12H13F3N4O/c1-20-9-6-17-5-8(9)18-11-7(4-16)2-3-10(19-11)12(13,14)15/h2-3,8-9,17H,5-6H2,1H3,(H,18,19)/t8?,9-/m0/s1. The lowest BCUT2D eigenvalue weighted by molar-refractivity contribution is -0.141. The van der Waals surface area contributed by atoms with Crippen molar-refractivity contribution in [1.29, 1.82) is 5.26 Å². The van der Waals surface area contributed by atoms with Crippen molar-refractivity contribution in [2.24, 2.45) is 0 Å². The van der Waals surface area contributed by atoms with E-state index in [2.05, 4.69) is 15.6 Å². The average molecular weight is 286 g/mol. The Kier molecular flexibility index (Phi) is 4.11. The highest BCUT2D eigenvalue weighted by atomic mass is 19.4. The molecule has 0 amide bonds. The molecule has 1 aromatic rings. The Labute approximate surface area is 113 Å². The molecule has 1 aliphatic heterocycles. The van der Waals surface area contributed by atoms with Crippen molar-refractivity contribution in [1.82, 2.24) is 10.3 Å². The minimum absolute atomic E-state index is 0.0692. The number of rotatable bonds is 3. The van der Waals surface area contributed by atoms with Crippen molar-refractivity contribution in [3.05, 3.63) is 23.4 Å². The molecule has 0 aromatic carbocycles. The van der Waals surface area contributed by atoms with Gasteiger partial charge in [-0.3, -0.25) is 0 Å². The number of aromatic nitrogens is 1. The molecule has 2 heterocycles. The van der Waals surface area contributed by atoms with Crippen LogP contribution in [0, 0.1) is 11.3 Å². The van der Waals surface area contributed by atoms with Crippen LogP contribution in [0.25, 0.3) is 0 Å². The number of anilines is 1. The van der Waals surface area contributed by atoms with Crippen molar-refractivity contribution >= 4 is 5.82 Å². The molecule has 1 aliphatic rings. The van der Waals surface area contributed by atoms with Crippen LogP contribution in [0.3, 0.4) is 0 Å². The van der Waals surface area contributed by atoms with Gasteiger partial charge in [0, 0.05) is 20.2 Å². The van der Waals surface area contributed by atoms with Crippen LogP contribution < -0.4 is 10.6 Å². The summed E-state index contributed by atoms with van der Waals surface area (Å²) in [5.41, 5.74) is -0.960. The Morgan fingerprint density at radius 1 is 1.45 bits per heavy atom. The molecule has 1 fully saturated rings. The van der Waals surface area contributed by atoms with Crippen molar-refractivity contribution in [2.75, 3.05) is 25.5 Å². The molecule has 0 radical (unpaired) electrons. The van der Waals surface area contributed by atoms with Crippen LogP contribution in [0.4, 0.5) is 19.0 Å². The molecule has 0 aliphatic carbocycles. The Morgan fingerprint density at radius 3 is 2.80 bits per heavy atom. The minimum atomic E-state index is -4.54. The average Bonchev–Trinajstić information content (AvgIpc) is 2.85. The van der Waals surface area contributed by atoms with Gasteiger partial charge in [0.2, 0.25) is 0 Å². The number of methoxy groups -OCH3 is 1. The molecule has 108 valence electrons. The van der Waals surface area contributed by atoms with E-state index in [9.17, 15) is 13.2 Å². The van der Waals surface area contributed by atoms with Gasteiger partial charge in [0.1, 0.15) is 17.6 Å². The summed E-state index contributed by atoms with van der Waals surface area (Å²) in [5.74, 6) is -0.0712. The Bertz CT molecular complexity index is 526. The lowest BCUT2D eigenvalue weighted by Crippen LogP contribution is -2.34. The van der Waals surface area contributed by atoms with Crippen LogP contribution in [0.5, 0.6) is 0 Å². The molecule has 1 saturated heterocycles. The van der Waals surface area contributed by atoms with Gasteiger partial charge in [-0.05, 0) is 12.1 Å². The molecule has 20 heavy (non-hydrogen) atoms. The van der Waals surface area contributed by atoms with Gasteiger partial charge in [-0.2, -0.15) is 18.4 Å². The second-order valence-electron chi connectivity index (χ2n) is 4.39. The Hall–Kier alpha value is -1.85. The number of halogens is 3. The van der Waals surface area contributed by atoms with E-state index in [-0.39, 0.29) is 23.5 Å². The number of nitrogens with one attached hydrogen (secondary N) is 2. The van der Waals surface area contributed by atoms with Gasteiger partial charge in [-0.25, -0.2) is 4.98 Å². The lowest BCUT2D eigenvalue weighted by atomic mass is 10.2.